The molecule has 1 aliphatic rings. The van der Waals surface area contributed by atoms with Gasteiger partial charge in [0.25, 0.3) is 5.91 Å². The molecule has 8 heteroatoms. The van der Waals surface area contributed by atoms with E-state index in [-0.39, 0.29) is 22.4 Å². The van der Waals surface area contributed by atoms with E-state index in [4.69, 9.17) is 9.88 Å². The Morgan fingerprint density at radius 2 is 1.42 bits per heavy atom. The maximum absolute atomic E-state index is 13.3. The summed E-state index contributed by atoms with van der Waals surface area (Å²) < 4.78 is 28.9. The van der Waals surface area contributed by atoms with E-state index in [9.17, 15) is 13.2 Å². The summed E-state index contributed by atoms with van der Waals surface area (Å²) in [5, 5.41) is 5.26. The molecule has 0 saturated carbocycles. The van der Waals surface area contributed by atoms with Crippen LogP contribution in [0.15, 0.2) is 83.8 Å². The number of hydrogen-bond acceptors (Lipinski definition) is 5. The Bertz CT molecular complexity index is 1170. The summed E-state index contributed by atoms with van der Waals surface area (Å²) in [4.78, 5) is 17.3. The van der Waals surface area contributed by atoms with E-state index in [0.717, 1.165) is 0 Å². The fourth-order valence-corrected chi connectivity index (χ4v) is 4.81. The molecule has 1 heterocycles. The van der Waals surface area contributed by atoms with Crippen molar-refractivity contribution in [3.63, 3.8) is 0 Å². The molecule has 7 nitrogen and oxygen atoms in total. The lowest BCUT2D eigenvalue weighted by atomic mass is 9.96. The van der Waals surface area contributed by atoms with E-state index >= 15 is 0 Å². The fraction of sp³-hybridized carbons (Fsp3) is 0.240. The minimum Gasteiger partial charge on any atom is -0.496 e. The first-order chi connectivity index (χ1) is 15.9. The minimum absolute atomic E-state index is 0.0879. The maximum atomic E-state index is 13.3. The lowest BCUT2D eigenvalue weighted by Crippen LogP contribution is -2.50. The molecule has 2 N–H and O–H groups in total. The normalized spacial score (nSPS) is 14.9. The number of rotatable bonds is 6. The van der Waals surface area contributed by atoms with E-state index in [1.54, 1.807) is 4.90 Å². The Morgan fingerprint density at radius 3 is 1.91 bits per heavy atom. The van der Waals surface area contributed by atoms with Crippen LogP contribution in [0.3, 0.4) is 0 Å². The third-order valence-electron chi connectivity index (χ3n) is 5.93. The molecule has 33 heavy (non-hydrogen) atoms. The molecule has 0 atom stereocenters. The van der Waals surface area contributed by atoms with Gasteiger partial charge in [-0.05, 0) is 29.3 Å². The van der Waals surface area contributed by atoms with Gasteiger partial charge in [0.2, 0.25) is 10.0 Å². The molecule has 3 aromatic carbocycles. The van der Waals surface area contributed by atoms with Gasteiger partial charge in [0.1, 0.15) is 5.75 Å². The van der Waals surface area contributed by atoms with E-state index in [2.05, 4.69) is 29.2 Å². The Balaban J connectivity index is 1.55. The minimum atomic E-state index is -3.93. The lowest BCUT2D eigenvalue weighted by molar-refractivity contribution is 0.0594. The summed E-state index contributed by atoms with van der Waals surface area (Å²) >= 11 is 0. The molecule has 1 amide bonds. The zero-order chi connectivity index (χ0) is 23.4. The van der Waals surface area contributed by atoms with Crippen LogP contribution in [-0.4, -0.2) is 57.4 Å². The highest BCUT2D eigenvalue weighted by Gasteiger charge is 2.30. The number of primary sulfonamides is 1. The average molecular weight is 466 g/mol. The maximum Gasteiger partial charge on any atom is 0.257 e. The summed E-state index contributed by atoms with van der Waals surface area (Å²) in [5.41, 5.74) is 2.59. The highest BCUT2D eigenvalue weighted by Crippen LogP contribution is 2.30. The highest BCUT2D eigenvalue weighted by atomic mass is 32.2. The summed E-state index contributed by atoms with van der Waals surface area (Å²) in [6, 6.07) is 24.8. The molecule has 3 aromatic rings. The zero-order valence-corrected chi connectivity index (χ0v) is 19.2. The number of piperazine rings is 1. The molecule has 0 unspecified atom stereocenters. The summed E-state index contributed by atoms with van der Waals surface area (Å²) in [5.74, 6) is 0.0502. The van der Waals surface area contributed by atoms with Crippen molar-refractivity contribution in [2.45, 2.75) is 10.9 Å². The molecule has 0 bridgehead atoms. The van der Waals surface area contributed by atoms with Crippen molar-refractivity contribution in [1.82, 2.24) is 9.80 Å². The molecule has 4 rings (SSSR count). The fourth-order valence-electron chi connectivity index (χ4n) is 4.27. The number of benzene rings is 3. The average Bonchev–Trinajstić information content (AvgIpc) is 2.84. The first-order valence-electron chi connectivity index (χ1n) is 10.7. The van der Waals surface area contributed by atoms with Crippen LogP contribution < -0.4 is 9.88 Å². The van der Waals surface area contributed by atoms with Crippen molar-refractivity contribution >= 4 is 15.9 Å². The van der Waals surface area contributed by atoms with E-state index in [1.807, 2.05) is 36.4 Å². The number of methoxy groups -OCH3 is 1. The van der Waals surface area contributed by atoms with Gasteiger partial charge in [0, 0.05) is 26.2 Å². The second kappa shape index (κ2) is 9.74. The highest BCUT2D eigenvalue weighted by molar-refractivity contribution is 7.89. The molecule has 1 saturated heterocycles. The molecular weight excluding hydrogens is 438 g/mol. The molecule has 0 aromatic heterocycles. The van der Waals surface area contributed by atoms with Gasteiger partial charge >= 0.3 is 0 Å². The number of nitrogens with two attached hydrogens (primary N) is 1. The third kappa shape index (κ3) is 5.08. The molecule has 1 aliphatic heterocycles. The van der Waals surface area contributed by atoms with Crippen molar-refractivity contribution in [2.24, 2.45) is 5.14 Å². The number of carbonyl (C=O) groups excluding carboxylic acids is 1. The van der Waals surface area contributed by atoms with Gasteiger partial charge < -0.3 is 9.64 Å². The Labute approximate surface area is 194 Å². The second-order valence-electron chi connectivity index (χ2n) is 7.96. The largest absolute Gasteiger partial charge is 0.496 e. The van der Waals surface area contributed by atoms with Gasteiger partial charge in [-0.25, -0.2) is 13.6 Å². The first-order valence-corrected chi connectivity index (χ1v) is 12.3. The zero-order valence-electron chi connectivity index (χ0n) is 18.4. The quantitative estimate of drug-likeness (QED) is 0.604. The van der Waals surface area contributed by atoms with Crippen molar-refractivity contribution in [2.75, 3.05) is 33.3 Å². The molecule has 172 valence electrons. The van der Waals surface area contributed by atoms with Gasteiger partial charge in [-0.1, -0.05) is 60.7 Å². The predicted octanol–water partition coefficient (Wildman–Crippen LogP) is 2.89. The summed E-state index contributed by atoms with van der Waals surface area (Å²) in [6.07, 6.45) is 0. The number of hydrogen-bond donors (Lipinski definition) is 1. The van der Waals surface area contributed by atoms with Crippen LogP contribution in [0.2, 0.25) is 0 Å². The van der Waals surface area contributed by atoms with Gasteiger partial charge in [-0.3, -0.25) is 9.69 Å². The first kappa shape index (κ1) is 23.0. The molecular formula is C25H27N3O4S. The van der Waals surface area contributed by atoms with Crippen molar-refractivity contribution in [1.29, 1.82) is 0 Å². The second-order valence-corrected chi connectivity index (χ2v) is 9.52. The van der Waals surface area contributed by atoms with Crippen LogP contribution in [0.4, 0.5) is 0 Å². The Hall–Kier alpha value is -3.20. The number of ether oxygens (including phenoxy) is 1. The summed E-state index contributed by atoms with van der Waals surface area (Å²) in [6.45, 7) is 2.38. The molecule has 1 fully saturated rings. The number of nitrogens with zero attached hydrogens (tertiary/aromatic N) is 2. The topological polar surface area (TPSA) is 92.9 Å². The van der Waals surface area contributed by atoms with E-state index < -0.39 is 10.0 Å². The molecule has 0 radical (unpaired) electrons. The standard InChI is InChI=1S/C25H27N3O4S/c1-32-23-13-12-21(33(26,30)31)18-22(23)25(29)28-16-14-27(15-17-28)24(19-8-4-2-5-9-19)20-10-6-3-7-11-20/h2-13,18,24H,14-17H2,1H3,(H2,26,30,31). The summed E-state index contributed by atoms with van der Waals surface area (Å²) in [7, 11) is -2.48. The smallest absolute Gasteiger partial charge is 0.257 e. The SMILES string of the molecule is COc1ccc(S(N)(=O)=O)cc1C(=O)N1CCN(C(c2ccccc2)c2ccccc2)CC1. The van der Waals surface area contributed by atoms with Gasteiger partial charge in [0.05, 0.1) is 23.6 Å². The third-order valence-corrected chi connectivity index (χ3v) is 6.84. The lowest BCUT2D eigenvalue weighted by Gasteiger charge is -2.40. The monoisotopic (exact) mass is 465 g/mol. The van der Waals surface area contributed by atoms with Crippen LogP contribution in [0.5, 0.6) is 5.75 Å². The van der Waals surface area contributed by atoms with Crippen LogP contribution in [-0.2, 0) is 10.0 Å². The molecule has 0 spiro atoms. The van der Waals surface area contributed by atoms with E-state index in [1.165, 1.54) is 36.4 Å². The van der Waals surface area contributed by atoms with Gasteiger partial charge in [-0.15, -0.1) is 0 Å². The van der Waals surface area contributed by atoms with Crippen LogP contribution in [0.25, 0.3) is 0 Å². The van der Waals surface area contributed by atoms with Gasteiger partial charge in [-0.2, -0.15) is 0 Å². The predicted molar refractivity (Wildman–Crippen MR) is 127 cm³/mol. The number of amides is 1. The number of carbonyl (C=O) groups is 1. The van der Waals surface area contributed by atoms with Gasteiger partial charge in [0.15, 0.2) is 0 Å². The van der Waals surface area contributed by atoms with Crippen molar-refractivity contribution < 1.29 is 17.9 Å². The molecule has 0 aliphatic carbocycles. The van der Waals surface area contributed by atoms with Crippen LogP contribution in [0, 0.1) is 0 Å². The van der Waals surface area contributed by atoms with Crippen LogP contribution in [0.1, 0.15) is 27.5 Å². The number of sulfonamides is 1. The van der Waals surface area contributed by atoms with E-state index in [0.29, 0.717) is 31.9 Å². The van der Waals surface area contributed by atoms with Crippen molar-refractivity contribution in [3.05, 3.63) is 95.6 Å². The van der Waals surface area contributed by atoms with Crippen molar-refractivity contribution in [3.8, 4) is 5.75 Å². The Kier molecular flexibility index (Phi) is 6.78. The Morgan fingerprint density at radius 1 is 0.879 bits per heavy atom. The van der Waals surface area contributed by atoms with Crippen LogP contribution >= 0.6 is 0 Å².